The zero-order valence-corrected chi connectivity index (χ0v) is 10.0. The van der Waals surface area contributed by atoms with E-state index in [9.17, 15) is 13.6 Å². The molecule has 0 radical (unpaired) electrons. The first-order chi connectivity index (χ1) is 9.63. The Morgan fingerprint density at radius 3 is 2.85 bits per heavy atom. The number of aromatic amines is 1. The maximum atomic E-state index is 13.3. The van der Waals surface area contributed by atoms with Crippen LogP contribution in [0.2, 0.25) is 0 Å². The summed E-state index contributed by atoms with van der Waals surface area (Å²) < 4.78 is 26.0. The van der Waals surface area contributed by atoms with Gasteiger partial charge in [-0.3, -0.25) is 9.89 Å². The molecule has 2 N–H and O–H groups in total. The van der Waals surface area contributed by atoms with E-state index in [1.807, 2.05) is 0 Å². The Kier molecular flexibility index (Phi) is 2.86. The summed E-state index contributed by atoms with van der Waals surface area (Å²) in [4.78, 5) is 15.0. The van der Waals surface area contributed by atoms with Crippen molar-refractivity contribution in [3.05, 3.63) is 54.0 Å². The average Bonchev–Trinajstić information content (AvgIpc) is 2.89. The number of nitrogens with one attached hydrogen (secondary N) is 2. The van der Waals surface area contributed by atoms with Crippen molar-refractivity contribution in [3.63, 3.8) is 0 Å². The zero-order chi connectivity index (χ0) is 14.1. The van der Waals surface area contributed by atoms with Crippen LogP contribution < -0.4 is 5.32 Å². The molecule has 0 atom stereocenters. The molecule has 3 aromatic rings. The molecule has 5 nitrogen and oxygen atoms in total. The fourth-order valence-corrected chi connectivity index (χ4v) is 1.78. The van der Waals surface area contributed by atoms with E-state index in [0.29, 0.717) is 11.1 Å². The molecule has 0 bridgehead atoms. The van der Waals surface area contributed by atoms with Crippen LogP contribution >= 0.6 is 0 Å². The Morgan fingerprint density at radius 2 is 2.05 bits per heavy atom. The van der Waals surface area contributed by atoms with Crippen LogP contribution in [0.4, 0.5) is 14.5 Å². The molecular weight excluding hydrogens is 266 g/mol. The first kappa shape index (κ1) is 12.2. The van der Waals surface area contributed by atoms with E-state index in [-0.39, 0.29) is 5.69 Å². The normalized spacial score (nSPS) is 10.7. The molecule has 1 aromatic carbocycles. The van der Waals surface area contributed by atoms with Gasteiger partial charge in [-0.05, 0) is 24.3 Å². The van der Waals surface area contributed by atoms with Gasteiger partial charge in [0.05, 0.1) is 17.4 Å². The molecule has 3 rings (SSSR count). The van der Waals surface area contributed by atoms with Crippen LogP contribution in [0.15, 0.2) is 36.5 Å². The van der Waals surface area contributed by atoms with Crippen molar-refractivity contribution in [2.45, 2.75) is 0 Å². The molecule has 100 valence electrons. The molecule has 7 heteroatoms. The SMILES string of the molecule is O=C(Nc1ccc(F)nc1F)c1ccc2cn[nH]c2c1. The molecule has 0 fully saturated rings. The van der Waals surface area contributed by atoms with Crippen LogP contribution in [-0.2, 0) is 0 Å². The van der Waals surface area contributed by atoms with Crippen molar-refractivity contribution in [2.24, 2.45) is 0 Å². The Balaban J connectivity index is 1.88. The van der Waals surface area contributed by atoms with Crippen LogP contribution in [0, 0.1) is 11.9 Å². The van der Waals surface area contributed by atoms with Gasteiger partial charge in [-0.1, -0.05) is 6.07 Å². The van der Waals surface area contributed by atoms with Gasteiger partial charge in [0.25, 0.3) is 5.91 Å². The number of fused-ring (bicyclic) bond motifs is 1. The lowest BCUT2D eigenvalue weighted by molar-refractivity contribution is 0.102. The number of carbonyl (C=O) groups excluding carboxylic acids is 1. The molecule has 0 aliphatic rings. The first-order valence-electron chi connectivity index (χ1n) is 5.70. The maximum Gasteiger partial charge on any atom is 0.255 e. The summed E-state index contributed by atoms with van der Waals surface area (Å²) >= 11 is 0. The van der Waals surface area contributed by atoms with E-state index in [1.54, 1.807) is 24.4 Å². The highest BCUT2D eigenvalue weighted by Gasteiger charge is 2.11. The van der Waals surface area contributed by atoms with E-state index >= 15 is 0 Å². The second-order valence-electron chi connectivity index (χ2n) is 4.10. The fourth-order valence-electron chi connectivity index (χ4n) is 1.78. The van der Waals surface area contributed by atoms with Crippen LogP contribution in [0.1, 0.15) is 10.4 Å². The minimum absolute atomic E-state index is 0.180. The van der Waals surface area contributed by atoms with Crippen molar-refractivity contribution in [1.82, 2.24) is 15.2 Å². The third-order valence-corrected chi connectivity index (χ3v) is 2.77. The van der Waals surface area contributed by atoms with Gasteiger partial charge in [-0.2, -0.15) is 18.9 Å². The Bertz CT molecular complexity index is 800. The van der Waals surface area contributed by atoms with Gasteiger partial charge in [0.15, 0.2) is 0 Å². The summed E-state index contributed by atoms with van der Waals surface area (Å²) in [5.41, 5.74) is 0.835. The standard InChI is InChI=1S/C13H8F2N4O/c14-11-4-3-9(12(15)18-11)17-13(20)7-1-2-8-6-16-19-10(8)5-7/h1-6H,(H,16,19)(H,17,20). The number of H-pyrrole nitrogens is 1. The lowest BCUT2D eigenvalue weighted by atomic mass is 10.1. The lowest BCUT2D eigenvalue weighted by Crippen LogP contribution is -2.13. The van der Waals surface area contributed by atoms with E-state index in [1.165, 1.54) is 0 Å². The van der Waals surface area contributed by atoms with Gasteiger partial charge in [-0.15, -0.1) is 0 Å². The van der Waals surface area contributed by atoms with Crippen molar-refractivity contribution >= 4 is 22.5 Å². The average molecular weight is 274 g/mol. The molecule has 0 aliphatic heterocycles. The first-order valence-corrected chi connectivity index (χ1v) is 5.70. The van der Waals surface area contributed by atoms with Crippen molar-refractivity contribution < 1.29 is 13.6 Å². The number of benzene rings is 1. The maximum absolute atomic E-state index is 13.3. The van der Waals surface area contributed by atoms with E-state index in [2.05, 4.69) is 20.5 Å². The van der Waals surface area contributed by atoms with Gasteiger partial charge >= 0.3 is 0 Å². The number of nitrogens with zero attached hydrogens (tertiary/aromatic N) is 2. The summed E-state index contributed by atoms with van der Waals surface area (Å²) in [7, 11) is 0. The van der Waals surface area contributed by atoms with Gasteiger partial charge in [0.2, 0.25) is 11.9 Å². The molecule has 2 aromatic heterocycles. The van der Waals surface area contributed by atoms with E-state index < -0.39 is 17.8 Å². The van der Waals surface area contributed by atoms with Crippen molar-refractivity contribution in [2.75, 3.05) is 5.32 Å². The second kappa shape index (κ2) is 4.69. The number of halogens is 2. The number of pyridine rings is 1. The Hall–Kier alpha value is -2.83. The van der Waals surface area contributed by atoms with E-state index in [4.69, 9.17) is 0 Å². The summed E-state index contributed by atoms with van der Waals surface area (Å²) in [6, 6.07) is 6.97. The molecule has 0 unspecified atom stereocenters. The van der Waals surface area contributed by atoms with Crippen molar-refractivity contribution in [1.29, 1.82) is 0 Å². The minimum atomic E-state index is -1.07. The number of hydrogen-bond acceptors (Lipinski definition) is 3. The zero-order valence-electron chi connectivity index (χ0n) is 10.0. The summed E-state index contributed by atoms with van der Waals surface area (Å²) in [6.07, 6.45) is 1.63. The third-order valence-electron chi connectivity index (χ3n) is 2.77. The smallest absolute Gasteiger partial charge is 0.255 e. The number of amides is 1. The van der Waals surface area contributed by atoms with Gasteiger partial charge in [0, 0.05) is 10.9 Å². The number of rotatable bonds is 2. The highest BCUT2D eigenvalue weighted by Crippen LogP contribution is 2.16. The molecule has 0 aliphatic carbocycles. The molecular formula is C13H8F2N4O. The summed E-state index contributed by atoms with van der Waals surface area (Å²) in [5, 5.41) is 9.76. The van der Waals surface area contributed by atoms with Crippen LogP contribution in [0.3, 0.4) is 0 Å². The molecule has 0 saturated heterocycles. The quantitative estimate of drug-likeness (QED) is 0.705. The number of aromatic nitrogens is 3. The monoisotopic (exact) mass is 274 g/mol. The van der Waals surface area contributed by atoms with Gasteiger partial charge < -0.3 is 5.32 Å². The number of hydrogen-bond donors (Lipinski definition) is 2. The molecule has 2 heterocycles. The summed E-state index contributed by atoms with van der Waals surface area (Å²) in [6.45, 7) is 0. The van der Waals surface area contributed by atoms with Crippen LogP contribution in [-0.4, -0.2) is 21.1 Å². The Labute approximate surface area is 111 Å². The van der Waals surface area contributed by atoms with Crippen molar-refractivity contribution in [3.8, 4) is 0 Å². The summed E-state index contributed by atoms with van der Waals surface area (Å²) in [5.74, 6) is -2.53. The van der Waals surface area contributed by atoms with Gasteiger partial charge in [-0.25, -0.2) is 0 Å². The molecule has 1 amide bonds. The number of anilines is 1. The Morgan fingerprint density at radius 1 is 1.20 bits per heavy atom. The highest BCUT2D eigenvalue weighted by atomic mass is 19.1. The third kappa shape index (κ3) is 2.20. The molecule has 20 heavy (non-hydrogen) atoms. The predicted octanol–water partition coefficient (Wildman–Crippen LogP) is 2.49. The minimum Gasteiger partial charge on any atom is -0.318 e. The van der Waals surface area contributed by atoms with E-state index in [0.717, 1.165) is 17.5 Å². The largest absolute Gasteiger partial charge is 0.318 e. The lowest BCUT2D eigenvalue weighted by Gasteiger charge is -2.05. The molecule has 0 saturated carbocycles. The predicted molar refractivity (Wildman–Crippen MR) is 68.2 cm³/mol. The van der Waals surface area contributed by atoms with Gasteiger partial charge in [0.1, 0.15) is 0 Å². The second-order valence-corrected chi connectivity index (χ2v) is 4.10. The fraction of sp³-hybridized carbons (Fsp3) is 0. The van der Waals surface area contributed by atoms with Crippen LogP contribution in [0.25, 0.3) is 10.9 Å². The topological polar surface area (TPSA) is 70.7 Å². The highest BCUT2D eigenvalue weighted by molar-refractivity contribution is 6.06. The van der Waals surface area contributed by atoms with Crippen LogP contribution in [0.5, 0.6) is 0 Å². The molecule has 0 spiro atoms. The number of carbonyl (C=O) groups is 1.